The van der Waals surface area contributed by atoms with Crippen LogP contribution in [0.2, 0.25) is 0 Å². The predicted octanol–water partition coefficient (Wildman–Crippen LogP) is 2.70. The third-order valence-corrected chi connectivity index (χ3v) is 4.19. The van der Waals surface area contributed by atoms with Crippen molar-refractivity contribution >= 4 is 18.3 Å². The quantitative estimate of drug-likeness (QED) is 0.846. The van der Waals surface area contributed by atoms with Crippen molar-refractivity contribution < 1.29 is 9.53 Å². The van der Waals surface area contributed by atoms with Crippen molar-refractivity contribution in [3.63, 3.8) is 0 Å². The summed E-state index contributed by atoms with van der Waals surface area (Å²) in [5.74, 6) is 0.138. The maximum atomic E-state index is 12.5. The molecule has 1 aliphatic heterocycles. The van der Waals surface area contributed by atoms with Crippen LogP contribution in [0.3, 0.4) is 0 Å². The molecule has 0 spiro atoms. The highest BCUT2D eigenvalue weighted by Gasteiger charge is 2.24. The highest BCUT2D eigenvalue weighted by atomic mass is 35.5. The number of rotatable bonds is 5. The maximum Gasteiger partial charge on any atom is 0.253 e. The molecule has 5 heteroatoms. The Kier molecular flexibility index (Phi) is 7.87. The first kappa shape index (κ1) is 18.9. The van der Waals surface area contributed by atoms with Gasteiger partial charge in [-0.15, -0.1) is 12.4 Å². The van der Waals surface area contributed by atoms with E-state index in [0.717, 1.165) is 44.5 Å². The van der Waals surface area contributed by atoms with Crippen LogP contribution in [0.5, 0.6) is 0 Å². The largest absolute Gasteiger partial charge is 0.378 e. The average molecular weight is 327 g/mol. The first-order valence-corrected chi connectivity index (χ1v) is 7.80. The van der Waals surface area contributed by atoms with Gasteiger partial charge in [0.2, 0.25) is 0 Å². The number of carbonyl (C=O) groups is 1. The van der Waals surface area contributed by atoms with E-state index < -0.39 is 0 Å². The Balaban J connectivity index is 0.00000242. The van der Waals surface area contributed by atoms with Crippen molar-refractivity contribution in [3.8, 4) is 0 Å². The van der Waals surface area contributed by atoms with Crippen LogP contribution in [0, 0.1) is 13.8 Å². The van der Waals surface area contributed by atoms with Gasteiger partial charge < -0.3 is 15.4 Å². The molecule has 2 N–H and O–H groups in total. The molecule has 1 fully saturated rings. The fourth-order valence-electron chi connectivity index (χ4n) is 2.62. The van der Waals surface area contributed by atoms with Crippen LogP contribution in [-0.2, 0) is 4.74 Å². The molecular weight excluding hydrogens is 300 g/mol. The Bertz CT molecular complexity index is 486. The Hall–Kier alpha value is -1.10. The molecule has 124 valence electrons. The normalized spacial score (nSPS) is 15.5. The van der Waals surface area contributed by atoms with Gasteiger partial charge in [-0.1, -0.05) is 6.07 Å². The first-order valence-electron chi connectivity index (χ1n) is 7.80. The molecule has 0 atom stereocenters. The number of likely N-dealkylation sites (tertiary alicyclic amines) is 1. The summed E-state index contributed by atoms with van der Waals surface area (Å²) >= 11 is 0. The Labute approximate surface area is 139 Å². The van der Waals surface area contributed by atoms with Gasteiger partial charge in [0.25, 0.3) is 5.91 Å². The molecular formula is C17H27ClN2O2. The van der Waals surface area contributed by atoms with Crippen LogP contribution in [0.15, 0.2) is 18.2 Å². The lowest BCUT2D eigenvalue weighted by molar-refractivity contribution is 0.00844. The number of hydrogen-bond donors (Lipinski definition) is 1. The summed E-state index contributed by atoms with van der Waals surface area (Å²) < 4.78 is 5.77. The van der Waals surface area contributed by atoms with Gasteiger partial charge >= 0.3 is 0 Å². The van der Waals surface area contributed by atoms with E-state index in [2.05, 4.69) is 6.92 Å². The molecule has 0 unspecified atom stereocenters. The number of nitrogens with zero attached hydrogens (tertiary/aromatic N) is 1. The molecule has 2 rings (SSSR count). The SMILES string of the molecule is Cc1ccc(C(=O)N2CCC(OCCCN)CC2)cc1C.Cl. The smallest absolute Gasteiger partial charge is 0.253 e. The minimum atomic E-state index is 0. The summed E-state index contributed by atoms with van der Waals surface area (Å²) in [6.07, 6.45) is 3.02. The molecule has 1 aromatic carbocycles. The fourth-order valence-corrected chi connectivity index (χ4v) is 2.62. The number of benzene rings is 1. The first-order chi connectivity index (χ1) is 10.1. The van der Waals surface area contributed by atoms with Gasteiger partial charge in [-0.05, 0) is 62.9 Å². The van der Waals surface area contributed by atoms with Gasteiger partial charge in [0.15, 0.2) is 0 Å². The van der Waals surface area contributed by atoms with Crippen molar-refractivity contribution in [3.05, 3.63) is 34.9 Å². The fraction of sp³-hybridized carbons (Fsp3) is 0.588. The zero-order chi connectivity index (χ0) is 15.2. The number of carbonyl (C=O) groups excluding carboxylic acids is 1. The molecule has 1 amide bonds. The molecule has 1 saturated heterocycles. The van der Waals surface area contributed by atoms with Crippen molar-refractivity contribution in [2.45, 2.75) is 39.2 Å². The van der Waals surface area contributed by atoms with E-state index in [4.69, 9.17) is 10.5 Å². The second kappa shape index (κ2) is 9.13. The summed E-state index contributed by atoms with van der Waals surface area (Å²) in [6, 6.07) is 5.93. The van der Waals surface area contributed by atoms with Gasteiger partial charge in [-0.2, -0.15) is 0 Å². The molecule has 1 aromatic rings. The Morgan fingerprint density at radius 3 is 2.55 bits per heavy atom. The summed E-state index contributed by atoms with van der Waals surface area (Å²) in [5.41, 5.74) is 8.64. The summed E-state index contributed by atoms with van der Waals surface area (Å²) in [5, 5.41) is 0. The van der Waals surface area contributed by atoms with Crippen LogP contribution >= 0.6 is 12.4 Å². The molecule has 0 radical (unpaired) electrons. The lowest BCUT2D eigenvalue weighted by atomic mass is 10.0. The average Bonchev–Trinajstić information content (AvgIpc) is 2.50. The highest BCUT2D eigenvalue weighted by molar-refractivity contribution is 5.94. The predicted molar refractivity (Wildman–Crippen MR) is 91.7 cm³/mol. The topological polar surface area (TPSA) is 55.6 Å². The van der Waals surface area contributed by atoms with Gasteiger partial charge in [-0.3, -0.25) is 4.79 Å². The molecule has 0 bridgehead atoms. The third-order valence-electron chi connectivity index (χ3n) is 4.19. The Morgan fingerprint density at radius 2 is 1.95 bits per heavy atom. The van der Waals surface area contributed by atoms with Crippen molar-refractivity contribution in [1.29, 1.82) is 0 Å². The number of nitrogens with two attached hydrogens (primary N) is 1. The second-order valence-electron chi connectivity index (χ2n) is 5.80. The summed E-state index contributed by atoms with van der Waals surface area (Å²) in [6.45, 7) is 7.06. The standard InChI is InChI=1S/C17H26N2O2.ClH/c1-13-4-5-15(12-14(13)2)17(20)19-9-6-16(7-10-19)21-11-3-8-18;/h4-5,12,16H,3,6-11,18H2,1-2H3;1H. The van der Waals surface area contributed by atoms with Crippen LogP contribution < -0.4 is 5.73 Å². The number of hydrogen-bond acceptors (Lipinski definition) is 3. The maximum absolute atomic E-state index is 12.5. The summed E-state index contributed by atoms with van der Waals surface area (Å²) in [7, 11) is 0. The highest BCUT2D eigenvalue weighted by Crippen LogP contribution is 2.18. The number of amides is 1. The number of ether oxygens (including phenoxy) is 1. The third kappa shape index (κ3) is 4.97. The van der Waals surface area contributed by atoms with Crippen LogP contribution in [0.4, 0.5) is 0 Å². The zero-order valence-electron chi connectivity index (χ0n) is 13.5. The lowest BCUT2D eigenvalue weighted by Crippen LogP contribution is -2.41. The molecule has 0 aromatic heterocycles. The van der Waals surface area contributed by atoms with Crippen molar-refractivity contribution in [2.75, 3.05) is 26.2 Å². The van der Waals surface area contributed by atoms with Crippen molar-refractivity contribution in [2.24, 2.45) is 5.73 Å². The molecule has 22 heavy (non-hydrogen) atoms. The van der Waals surface area contributed by atoms with E-state index in [-0.39, 0.29) is 24.4 Å². The number of piperidine rings is 1. The molecule has 1 heterocycles. The Morgan fingerprint density at radius 1 is 1.27 bits per heavy atom. The van der Waals surface area contributed by atoms with Gasteiger partial charge in [0, 0.05) is 25.3 Å². The van der Waals surface area contributed by atoms with Crippen LogP contribution in [-0.4, -0.2) is 43.2 Å². The van der Waals surface area contributed by atoms with Gasteiger partial charge in [0.05, 0.1) is 6.10 Å². The van der Waals surface area contributed by atoms with Gasteiger partial charge in [-0.25, -0.2) is 0 Å². The molecule has 0 aliphatic carbocycles. The monoisotopic (exact) mass is 326 g/mol. The molecule has 1 aliphatic rings. The number of aryl methyl sites for hydroxylation is 2. The minimum Gasteiger partial charge on any atom is -0.378 e. The molecule has 4 nitrogen and oxygen atoms in total. The zero-order valence-corrected chi connectivity index (χ0v) is 14.3. The number of halogens is 1. The van der Waals surface area contributed by atoms with E-state index in [9.17, 15) is 4.79 Å². The van der Waals surface area contributed by atoms with E-state index >= 15 is 0 Å². The van der Waals surface area contributed by atoms with Crippen molar-refractivity contribution in [1.82, 2.24) is 4.90 Å². The molecule has 0 saturated carbocycles. The van der Waals surface area contributed by atoms with E-state index in [1.807, 2.05) is 30.0 Å². The van der Waals surface area contributed by atoms with Crippen LogP contribution in [0.25, 0.3) is 0 Å². The van der Waals surface area contributed by atoms with E-state index in [1.54, 1.807) is 0 Å². The van der Waals surface area contributed by atoms with Gasteiger partial charge in [0.1, 0.15) is 0 Å². The minimum absolute atomic E-state index is 0. The lowest BCUT2D eigenvalue weighted by Gasteiger charge is -2.32. The second-order valence-corrected chi connectivity index (χ2v) is 5.80. The van der Waals surface area contributed by atoms with E-state index in [1.165, 1.54) is 11.1 Å². The summed E-state index contributed by atoms with van der Waals surface area (Å²) in [4.78, 5) is 14.4. The van der Waals surface area contributed by atoms with E-state index in [0.29, 0.717) is 6.54 Å². The van der Waals surface area contributed by atoms with Crippen LogP contribution in [0.1, 0.15) is 40.7 Å².